The van der Waals surface area contributed by atoms with Crippen LogP contribution in [-0.2, 0) is 9.53 Å². The number of nitrogens with one attached hydrogen (secondary N) is 3. The Morgan fingerprint density at radius 1 is 1.12 bits per heavy atom. The van der Waals surface area contributed by atoms with Crippen LogP contribution in [0.15, 0.2) is 24.7 Å². The van der Waals surface area contributed by atoms with Crippen LogP contribution < -0.4 is 20.4 Å². The second kappa shape index (κ2) is 11.7. The molecule has 3 aromatic heterocycles. The Morgan fingerprint density at radius 3 is 2.70 bits per heavy atom. The number of H-pyrrole nitrogens is 1. The van der Waals surface area contributed by atoms with Crippen LogP contribution in [0.2, 0.25) is 0 Å². The van der Waals surface area contributed by atoms with Crippen molar-refractivity contribution in [3.05, 3.63) is 30.4 Å². The van der Waals surface area contributed by atoms with Crippen molar-refractivity contribution >= 4 is 35.4 Å². The molecule has 3 aromatic rings. The number of hydrogen-bond donors (Lipinski definition) is 4. The normalized spacial score (nSPS) is 21.6. The number of ether oxygens (including phenoxy) is 1. The van der Waals surface area contributed by atoms with Crippen molar-refractivity contribution in [2.24, 2.45) is 0 Å². The second-order valence-electron chi connectivity index (χ2n) is 10.3. The summed E-state index contributed by atoms with van der Waals surface area (Å²) in [6.07, 6.45) is 6.35. The summed E-state index contributed by atoms with van der Waals surface area (Å²) in [4.78, 5) is 41.7. The summed E-state index contributed by atoms with van der Waals surface area (Å²) in [7, 11) is 1.71. The Labute approximate surface area is 231 Å². The minimum atomic E-state index is -0.717. The standard InChI is InChI=1S/C25H34N12O3/c1-40-11-10-35-6-8-36(9-7-35)24-30-23(29-20-13-18(33-34-20)16-2-3-16)31-25(32-24)37-15-17(38)12-19(37)22(39)28-21-14-26-4-5-27-21/h4-5,13-14,16-17,19,38H,2-3,6-12,15H2,1H3,(H,27,28,39)(H2,29,30,31,32,33,34)/t17-,19-/m0/s1. The number of aromatic amines is 1. The summed E-state index contributed by atoms with van der Waals surface area (Å²) in [5.41, 5.74) is 1.09. The number of aliphatic hydroxyl groups excluding tert-OH is 1. The highest BCUT2D eigenvalue weighted by Gasteiger charge is 2.38. The van der Waals surface area contributed by atoms with Gasteiger partial charge in [0, 0.05) is 82.9 Å². The van der Waals surface area contributed by atoms with Crippen LogP contribution in [0.4, 0.5) is 29.5 Å². The van der Waals surface area contributed by atoms with Gasteiger partial charge in [-0.2, -0.15) is 20.1 Å². The van der Waals surface area contributed by atoms with Crippen LogP contribution in [-0.4, -0.2) is 116 Å². The third kappa shape index (κ3) is 6.11. The quantitative estimate of drug-likeness (QED) is 0.273. The van der Waals surface area contributed by atoms with E-state index in [4.69, 9.17) is 14.7 Å². The molecule has 1 aliphatic carbocycles. The van der Waals surface area contributed by atoms with Crippen molar-refractivity contribution in [3.8, 4) is 0 Å². The van der Waals surface area contributed by atoms with Crippen LogP contribution in [0, 0.1) is 0 Å². The Balaban J connectivity index is 1.26. The molecule has 0 spiro atoms. The van der Waals surface area contributed by atoms with Crippen molar-refractivity contribution in [2.45, 2.75) is 37.3 Å². The lowest BCUT2D eigenvalue weighted by Crippen LogP contribution is -2.48. The molecule has 15 heteroatoms. The Hall–Kier alpha value is -3.95. The summed E-state index contributed by atoms with van der Waals surface area (Å²) in [5.74, 6) is 2.31. The molecule has 0 unspecified atom stereocenters. The molecule has 2 atom stereocenters. The summed E-state index contributed by atoms with van der Waals surface area (Å²) in [5, 5.41) is 24.0. The predicted molar refractivity (Wildman–Crippen MR) is 147 cm³/mol. The minimum absolute atomic E-state index is 0.209. The zero-order chi connectivity index (χ0) is 27.5. The monoisotopic (exact) mass is 550 g/mol. The molecule has 1 saturated carbocycles. The van der Waals surface area contributed by atoms with Gasteiger partial charge in [0.1, 0.15) is 6.04 Å². The number of piperazine rings is 1. The van der Waals surface area contributed by atoms with Crippen LogP contribution in [0.25, 0.3) is 0 Å². The lowest BCUT2D eigenvalue weighted by molar-refractivity contribution is -0.117. The number of amides is 1. The average molecular weight is 551 g/mol. The van der Waals surface area contributed by atoms with Crippen LogP contribution in [0.5, 0.6) is 0 Å². The highest BCUT2D eigenvalue weighted by Crippen LogP contribution is 2.39. The number of carbonyl (C=O) groups is 1. The smallest absolute Gasteiger partial charge is 0.248 e. The van der Waals surface area contributed by atoms with E-state index >= 15 is 0 Å². The molecular weight excluding hydrogens is 516 g/mol. The largest absolute Gasteiger partial charge is 0.391 e. The number of rotatable bonds is 10. The fraction of sp³-hybridized carbons (Fsp3) is 0.560. The first kappa shape index (κ1) is 26.3. The highest BCUT2D eigenvalue weighted by molar-refractivity contribution is 5.96. The molecule has 2 aliphatic heterocycles. The summed E-state index contributed by atoms with van der Waals surface area (Å²) in [6, 6.07) is 1.28. The minimum Gasteiger partial charge on any atom is -0.391 e. The van der Waals surface area contributed by atoms with Crippen molar-refractivity contribution in [1.82, 2.24) is 40.0 Å². The molecule has 5 heterocycles. The van der Waals surface area contributed by atoms with E-state index in [0.717, 1.165) is 51.3 Å². The van der Waals surface area contributed by atoms with E-state index in [0.29, 0.717) is 42.0 Å². The molecule has 3 fully saturated rings. The van der Waals surface area contributed by atoms with Gasteiger partial charge in [-0.1, -0.05) is 0 Å². The Morgan fingerprint density at radius 2 is 1.95 bits per heavy atom. The lowest BCUT2D eigenvalue weighted by atomic mass is 10.2. The predicted octanol–water partition coefficient (Wildman–Crippen LogP) is 0.352. The highest BCUT2D eigenvalue weighted by atomic mass is 16.5. The molecule has 1 amide bonds. The summed E-state index contributed by atoms with van der Waals surface area (Å²) < 4.78 is 5.23. The first-order valence-electron chi connectivity index (χ1n) is 13.6. The van der Waals surface area contributed by atoms with Gasteiger partial charge in [-0.25, -0.2) is 4.98 Å². The molecule has 212 valence electrons. The van der Waals surface area contributed by atoms with Gasteiger partial charge in [0.05, 0.1) is 18.9 Å². The van der Waals surface area contributed by atoms with E-state index in [1.54, 1.807) is 12.0 Å². The maximum absolute atomic E-state index is 13.2. The maximum atomic E-state index is 13.2. The Kier molecular flexibility index (Phi) is 7.66. The average Bonchev–Trinajstić information content (AvgIpc) is 3.59. The van der Waals surface area contributed by atoms with Gasteiger partial charge in [-0.05, 0) is 12.8 Å². The molecule has 15 nitrogen and oxygen atoms in total. The van der Waals surface area contributed by atoms with Gasteiger partial charge in [0.15, 0.2) is 11.6 Å². The van der Waals surface area contributed by atoms with E-state index < -0.39 is 12.1 Å². The molecule has 0 bridgehead atoms. The number of anilines is 5. The van der Waals surface area contributed by atoms with E-state index in [9.17, 15) is 9.90 Å². The number of hydrogen-bond acceptors (Lipinski definition) is 13. The fourth-order valence-electron chi connectivity index (χ4n) is 5.05. The molecular formula is C25H34N12O3. The molecule has 0 aromatic carbocycles. The topological polar surface area (TPSA) is 173 Å². The van der Waals surface area contributed by atoms with Gasteiger partial charge < -0.3 is 30.3 Å². The van der Waals surface area contributed by atoms with Gasteiger partial charge >= 0.3 is 0 Å². The molecule has 2 saturated heterocycles. The van der Waals surface area contributed by atoms with Crippen molar-refractivity contribution < 1.29 is 14.6 Å². The number of nitrogens with zero attached hydrogens (tertiary/aromatic N) is 9. The SMILES string of the molecule is COCCN1CCN(c2nc(Nc3cc(C4CC4)[nH]n3)nc(N3C[C@@H](O)C[C@H]3C(=O)Nc3cnccn3)n2)CC1. The number of methoxy groups -OCH3 is 1. The van der Waals surface area contributed by atoms with Crippen molar-refractivity contribution in [2.75, 3.05) is 73.4 Å². The van der Waals surface area contributed by atoms with Crippen LogP contribution >= 0.6 is 0 Å². The second-order valence-corrected chi connectivity index (χ2v) is 10.3. The first-order valence-corrected chi connectivity index (χ1v) is 13.6. The summed E-state index contributed by atoms with van der Waals surface area (Å²) >= 11 is 0. The van der Waals surface area contributed by atoms with Gasteiger partial charge in [-0.3, -0.25) is 19.8 Å². The number of aromatic nitrogens is 7. The number of β-amino-alcohol motifs (C(OH)–C–C–N with tert-alkyl or cyclic N) is 1. The maximum Gasteiger partial charge on any atom is 0.248 e. The number of carbonyl (C=O) groups excluding carboxylic acids is 1. The van der Waals surface area contributed by atoms with E-state index in [1.807, 2.05) is 6.07 Å². The molecule has 3 aliphatic rings. The fourth-order valence-corrected chi connectivity index (χ4v) is 5.05. The van der Waals surface area contributed by atoms with Crippen LogP contribution in [0.3, 0.4) is 0 Å². The lowest BCUT2D eigenvalue weighted by Gasteiger charge is -2.35. The molecule has 4 N–H and O–H groups in total. The van der Waals surface area contributed by atoms with Crippen molar-refractivity contribution in [3.63, 3.8) is 0 Å². The molecule has 6 rings (SSSR count). The first-order chi connectivity index (χ1) is 19.6. The Bertz CT molecular complexity index is 1300. The van der Waals surface area contributed by atoms with Gasteiger partial charge in [-0.15, -0.1) is 0 Å². The van der Waals surface area contributed by atoms with Crippen LogP contribution in [0.1, 0.15) is 30.9 Å². The third-order valence-electron chi connectivity index (χ3n) is 7.39. The van der Waals surface area contributed by atoms with Crippen molar-refractivity contribution in [1.29, 1.82) is 0 Å². The molecule has 40 heavy (non-hydrogen) atoms. The molecule has 0 radical (unpaired) electrons. The van der Waals surface area contributed by atoms with Gasteiger partial charge in [0.2, 0.25) is 23.8 Å². The zero-order valence-corrected chi connectivity index (χ0v) is 22.4. The van der Waals surface area contributed by atoms with E-state index in [1.165, 1.54) is 18.6 Å². The van der Waals surface area contributed by atoms with E-state index in [-0.39, 0.29) is 18.9 Å². The number of aliphatic hydroxyl groups is 1. The van der Waals surface area contributed by atoms with Gasteiger partial charge in [0.25, 0.3) is 0 Å². The van der Waals surface area contributed by atoms with E-state index in [2.05, 4.69) is 45.6 Å². The zero-order valence-electron chi connectivity index (χ0n) is 22.4. The third-order valence-corrected chi connectivity index (χ3v) is 7.39. The summed E-state index contributed by atoms with van der Waals surface area (Å²) in [6.45, 7) is 4.94.